The first-order valence-electron chi connectivity index (χ1n) is 4.57. The molecule has 0 aromatic rings. The normalized spacial score (nSPS) is 28.5. The van der Waals surface area contributed by atoms with E-state index in [1.807, 2.05) is 19.1 Å². The van der Waals surface area contributed by atoms with E-state index in [9.17, 15) is 9.59 Å². The van der Waals surface area contributed by atoms with Crippen molar-refractivity contribution in [1.29, 1.82) is 0 Å². The Labute approximate surface area is 77.8 Å². The van der Waals surface area contributed by atoms with Crippen molar-refractivity contribution in [3.05, 3.63) is 12.2 Å². The van der Waals surface area contributed by atoms with Gasteiger partial charge in [-0.1, -0.05) is 26.0 Å². The van der Waals surface area contributed by atoms with E-state index in [0.29, 0.717) is 6.42 Å². The molecule has 3 nitrogen and oxygen atoms in total. The minimum absolute atomic E-state index is 0.268. The van der Waals surface area contributed by atoms with Crippen LogP contribution in [0.2, 0.25) is 0 Å². The lowest BCUT2D eigenvalue weighted by molar-refractivity contribution is -0.153. The Morgan fingerprint density at radius 1 is 1.31 bits per heavy atom. The quantitative estimate of drug-likeness (QED) is 0.379. The van der Waals surface area contributed by atoms with Gasteiger partial charge in [-0.25, -0.2) is 0 Å². The van der Waals surface area contributed by atoms with Crippen LogP contribution in [0.1, 0.15) is 26.7 Å². The van der Waals surface area contributed by atoms with Crippen LogP contribution in [-0.4, -0.2) is 11.9 Å². The SMILES string of the molecule is CC/C=C/CC1C(=O)OC(=O)C1C. The number of hydrogen-bond donors (Lipinski definition) is 0. The summed E-state index contributed by atoms with van der Waals surface area (Å²) in [5.41, 5.74) is 0. The van der Waals surface area contributed by atoms with Crippen molar-refractivity contribution in [3.8, 4) is 0 Å². The minimum Gasteiger partial charge on any atom is -0.393 e. The second kappa shape index (κ2) is 4.21. The summed E-state index contributed by atoms with van der Waals surface area (Å²) in [6.45, 7) is 3.76. The summed E-state index contributed by atoms with van der Waals surface area (Å²) in [6, 6.07) is 0. The lowest BCUT2D eigenvalue weighted by Gasteiger charge is -2.04. The fourth-order valence-electron chi connectivity index (χ4n) is 1.35. The van der Waals surface area contributed by atoms with Gasteiger partial charge in [-0.2, -0.15) is 0 Å². The number of carbonyl (C=O) groups excluding carboxylic acids is 2. The van der Waals surface area contributed by atoms with Gasteiger partial charge in [0, 0.05) is 0 Å². The molecule has 1 aliphatic heterocycles. The van der Waals surface area contributed by atoms with Crippen molar-refractivity contribution in [1.82, 2.24) is 0 Å². The molecule has 1 rings (SSSR count). The molecule has 0 amide bonds. The highest BCUT2D eigenvalue weighted by atomic mass is 16.6. The van der Waals surface area contributed by atoms with Crippen LogP contribution in [0.3, 0.4) is 0 Å². The number of cyclic esters (lactones) is 2. The van der Waals surface area contributed by atoms with Gasteiger partial charge in [0.1, 0.15) is 0 Å². The summed E-state index contributed by atoms with van der Waals surface area (Å²) in [6.07, 6.45) is 5.48. The molecule has 2 unspecified atom stereocenters. The lowest BCUT2D eigenvalue weighted by Crippen LogP contribution is -2.13. The van der Waals surface area contributed by atoms with E-state index in [4.69, 9.17) is 0 Å². The Bertz CT molecular complexity index is 243. The zero-order valence-corrected chi connectivity index (χ0v) is 7.95. The molecule has 3 heteroatoms. The van der Waals surface area contributed by atoms with Crippen molar-refractivity contribution < 1.29 is 14.3 Å². The number of carbonyl (C=O) groups is 2. The van der Waals surface area contributed by atoms with Gasteiger partial charge in [-0.3, -0.25) is 9.59 Å². The third kappa shape index (κ3) is 2.17. The molecule has 2 atom stereocenters. The third-order valence-electron chi connectivity index (χ3n) is 2.27. The number of esters is 2. The van der Waals surface area contributed by atoms with Gasteiger partial charge < -0.3 is 4.74 Å². The number of rotatable bonds is 3. The molecule has 13 heavy (non-hydrogen) atoms. The fraction of sp³-hybridized carbons (Fsp3) is 0.600. The maximum atomic E-state index is 11.1. The predicted molar refractivity (Wildman–Crippen MR) is 47.8 cm³/mol. The van der Waals surface area contributed by atoms with Gasteiger partial charge in [0.15, 0.2) is 0 Å². The third-order valence-corrected chi connectivity index (χ3v) is 2.27. The van der Waals surface area contributed by atoms with Crippen molar-refractivity contribution >= 4 is 11.9 Å². The molecule has 1 aliphatic rings. The van der Waals surface area contributed by atoms with E-state index in [0.717, 1.165) is 6.42 Å². The first-order valence-corrected chi connectivity index (χ1v) is 4.57. The molecule has 1 fully saturated rings. The standard InChI is InChI=1S/C10H14O3/c1-3-4-5-6-8-7(2)9(11)13-10(8)12/h4-5,7-8H,3,6H2,1-2H3/b5-4+. The van der Waals surface area contributed by atoms with E-state index in [1.54, 1.807) is 6.92 Å². The van der Waals surface area contributed by atoms with Crippen LogP contribution in [0.5, 0.6) is 0 Å². The summed E-state index contributed by atoms with van der Waals surface area (Å²) in [5.74, 6) is -1.32. The van der Waals surface area contributed by atoms with Crippen molar-refractivity contribution in [2.75, 3.05) is 0 Å². The van der Waals surface area contributed by atoms with Crippen LogP contribution in [0.25, 0.3) is 0 Å². The van der Waals surface area contributed by atoms with E-state index in [2.05, 4.69) is 4.74 Å². The van der Waals surface area contributed by atoms with Gasteiger partial charge >= 0.3 is 11.9 Å². The van der Waals surface area contributed by atoms with E-state index >= 15 is 0 Å². The largest absolute Gasteiger partial charge is 0.393 e. The smallest absolute Gasteiger partial charge is 0.317 e. The van der Waals surface area contributed by atoms with Crippen LogP contribution in [0, 0.1) is 11.8 Å². The summed E-state index contributed by atoms with van der Waals surface area (Å²) in [5, 5.41) is 0. The summed E-state index contributed by atoms with van der Waals surface area (Å²) >= 11 is 0. The van der Waals surface area contributed by atoms with Crippen molar-refractivity contribution in [3.63, 3.8) is 0 Å². The molecule has 0 aromatic heterocycles. The first kappa shape index (κ1) is 9.96. The number of ether oxygens (including phenoxy) is 1. The zero-order chi connectivity index (χ0) is 9.84. The Hall–Kier alpha value is -1.12. The molecule has 0 aromatic carbocycles. The fourth-order valence-corrected chi connectivity index (χ4v) is 1.35. The second-order valence-electron chi connectivity index (χ2n) is 3.25. The summed E-state index contributed by atoms with van der Waals surface area (Å²) in [4.78, 5) is 22.1. The molecule has 0 radical (unpaired) electrons. The van der Waals surface area contributed by atoms with Gasteiger partial charge in [0.05, 0.1) is 11.8 Å². The Morgan fingerprint density at radius 3 is 2.46 bits per heavy atom. The Kier molecular flexibility index (Phi) is 3.23. The molecule has 0 aliphatic carbocycles. The molecule has 72 valence electrons. The van der Waals surface area contributed by atoms with Crippen LogP contribution in [0.4, 0.5) is 0 Å². The molecule has 0 bridgehead atoms. The highest BCUT2D eigenvalue weighted by Crippen LogP contribution is 2.26. The van der Waals surface area contributed by atoms with Crippen molar-refractivity contribution in [2.45, 2.75) is 26.7 Å². The zero-order valence-electron chi connectivity index (χ0n) is 7.95. The number of hydrogen-bond acceptors (Lipinski definition) is 3. The molecular weight excluding hydrogens is 168 g/mol. The van der Waals surface area contributed by atoms with Crippen LogP contribution < -0.4 is 0 Å². The summed E-state index contributed by atoms with van der Waals surface area (Å²) in [7, 11) is 0. The molecule has 0 spiro atoms. The average Bonchev–Trinajstić information content (AvgIpc) is 2.32. The first-order chi connectivity index (χ1) is 6.16. The number of allylic oxidation sites excluding steroid dienone is 2. The molecular formula is C10H14O3. The highest BCUT2D eigenvalue weighted by molar-refractivity contribution is 5.96. The Morgan fingerprint density at radius 2 is 2.00 bits per heavy atom. The minimum atomic E-state index is -0.389. The molecule has 0 saturated carbocycles. The van der Waals surface area contributed by atoms with E-state index in [1.165, 1.54) is 0 Å². The van der Waals surface area contributed by atoms with Crippen molar-refractivity contribution in [2.24, 2.45) is 11.8 Å². The van der Waals surface area contributed by atoms with E-state index < -0.39 is 0 Å². The van der Waals surface area contributed by atoms with E-state index in [-0.39, 0.29) is 23.8 Å². The maximum Gasteiger partial charge on any atom is 0.317 e. The lowest BCUT2D eigenvalue weighted by atomic mass is 9.93. The topological polar surface area (TPSA) is 43.4 Å². The second-order valence-corrected chi connectivity index (χ2v) is 3.25. The summed E-state index contributed by atoms with van der Waals surface area (Å²) < 4.78 is 4.51. The Balaban J connectivity index is 2.54. The van der Waals surface area contributed by atoms with Gasteiger partial charge in [0.2, 0.25) is 0 Å². The van der Waals surface area contributed by atoms with Gasteiger partial charge in [-0.05, 0) is 12.8 Å². The predicted octanol–water partition coefficient (Wildman–Crippen LogP) is 1.68. The van der Waals surface area contributed by atoms with Crippen LogP contribution in [-0.2, 0) is 14.3 Å². The molecule has 1 saturated heterocycles. The van der Waals surface area contributed by atoms with Crippen LogP contribution in [0.15, 0.2) is 12.2 Å². The van der Waals surface area contributed by atoms with Gasteiger partial charge in [0.25, 0.3) is 0 Å². The monoisotopic (exact) mass is 182 g/mol. The van der Waals surface area contributed by atoms with Gasteiger partial charge in [-0.15, -0.1) is 0 Å². The highest BCUT2D eigenvalue weighted by Gasteiger charge is 2.40. The molecule has 1 heterocycles. The maximum absolute atomic E-state index is 11.1. The molecule has 0 N–H and O–H groups in total. The van der Waals surface area contributed by atoms with Crippen LogP contribution >= 0.6 is 0 Å². The average molecular weight is 182 g/mol.